The summed E-state index contributed by atoms with van der Waals surface area (Å²) in [4.78, 5) is 5.82. The summed E-state index contributed by atoms with van der Waals surface area (Å²) in [5.41, 5.74) is 3.55. The zero-order valence-corrected chi connectivity index (χ0v) is 10.1. The third-order valence-electron chi connectivity index (χ3n) is 2.92. The first kappa shape index (κ1) is 9.73. The number of nitrogens with one attached hydrogen (secondary N) is 1. The predicted octanol–water partition coefficient (Wildman–Crippen LogP) is 3.23. The number of rotatable bonds is 1. The van der Waals surface area contributed by atoms with E-state index in [4.69, 9.17) is 4.98 Å². The van der Waals surface area contributed by atoms with Gasteiger partial charge in [-0.25, -0.2) is 4.98 Å². The fourth-order valence-electron chi connectivity index (χ4n) is 2.11. The van der Waals surface area contributed by atoms with Crippen LogP contribution in [0.15, 0.2) is 41.8 Å². The Kier molecular flexibility index (Phi) is 1.95. The molecule has 1 aromatic carbocycles. The van der Waals surface area contributed by atoms with Crippen molar-refractivity contribution in [2.24, 2.45) is 0 Å². The first-order chi connectivity index (χ1) is 8.93. The standard InChI is InChI=1S/C13H8N4S/c1-2-5-9-8(4-1)11-13(16-17-15-11)12(14-9)10-6-3-7-18-10/h1-7H,(H,15,16,17). The third kappa shape index (κ3) is 1.28. The Morgan fingerprint density at radius 2 is 1.83 bits per heavy atom. The summed E-state index contributed by atoms with van der Waals surface area (Å²) in [6, 6.07) is 12.1. The number of benzene rings is 1. The smallest absolute Gasteiger partial charge is 0.140 e. The van der Waals surface area contributed by atoms with Crippen LogP contribution >= 0.6 is 11.3 Å². The van der Waals surface area contributed by atoms with Crippen molar-refractivity contribution in [2.45, 2.75) is 0 Å². The molecule has 0 amide bonds. The van der Waals surface area contributed by atoms with E-state index in [-0.39, 0.29) is 0 Å². The predicted molar refractivity (Wildman–Crippen MR) is 72.5 cm³/mol. The first-order valence-electron chi connectivity index (χ1n) is 5.56. The highest BCUT2D eigenvalue weighted by atomic mass is 32.1. The molecule has 18 heavy (non-hydrogen) atoms. The molecule has 5 heteroatoms. The number of fused-ring (bicyclic) bond motifs is 3. The van der Waals surface area contributed by atoms with Crippen LogP contribution in [0.2, 0.25) is 0 Å². The Labute approximate surface area is 106 Å². The molecule has 86 valence electrons. The van der Waals surface area contributed by atoms with E-state index in [0.717, 1.165) is 32.5 Å². The minimum atomic E-state index is 0.830. The summed E-state index contributed by atoms with van der Waals surface area (Å²) < 4.78 is 0. The van der Waals surface area contributed by atoms with E-state index >= 15 is 0 Å². The highest BCUT2D eigenvalue weighted by Crippen LogP contribution is 2.31. The van der Waals surface area contributed by atoms with E-state index in [2.05, 4.69) is 21.5 Å². The second-order valence-corrected chi connectivity index (χ2v) is 4.92. The average Bonchev–Trinajstić information content (AvgIpc) is 3.09. The maximum atomic E-state index is 4.71. The van der Waals surface area contributed by atoms with Crippen molar-refractivity contribution in [3.05, 3.63) is 41.8 Å². The molecule has 0 saturated carbocycles. The molecule has 0 radical (unpaired) electrons. The van der Waals surface area contributed by atoms with Gasteiger partial charge in [-0.2, -0.15) is 15.4 Å². The normalized spacial score (nSPS) is 11.3. The van der Waals surface area contributed by atoms with Gasteiger partial charge in [0.05, 0.1) is 10.4 Å². The monoisotopic (exact) mass is 252 g/mol. The number of hydrogen-bond acceptors (Lipinski definition) is 4. The molecule has 0 bridgehead atoms. The molecular formula is C13H8N4S. The van der Waals surface area contributed by atoms with Crippen LogP contribution in [0, 0.1) is 0 Å². The average molecular weight is 252 g/mol. The number of pyridine rings is 1. The molecule has 3 aromatic heterocycles. The molecule has 0 spiro atoms. The molecule has 4 nitrogen and oxygen atoms in total. The minimum absolute atomic E-state index is 0.830. The summed E-state index contributed by atoms with van der Waals surface area (Å²) in [6.07, 6.45) is 0. The number of hydrogen-bond donors (Lipinski definition) is 1. The van der Waals surface area contributed by atoms with Crippen LogP contribution in [0.4, 0.5) is 0 Å². The van der Waals surface area contributed by atoms with Crippen molar-refractivity contribution in [3.63, 3.8) is 0 Å². The molecule has 0 atom stereocenters. The van der Waals surface area contributed by atoms with E-state index < -0.39 is 0 Å². The fourth-order valence-corrected chi connectivity index (χ4v) is 2.83. The largest absolute Gasteiger partial charge is 0.244 e. The number of nitrogens with zero attached hydrogens (tertiary/aromatic N) is 3. The van der Waals surface area contributed by atoms with Crippen LogP contribution in [0.5, 0.6) is 0 Å². The van der Waals surface area contributed by atoms with E-state index in [9.17, 15) is 0 Å². The van der Waals surface area contributed by atoms with Crippen molar-refractivity contribution in [1.82, 2.24) is 20.4 Å². The lowest BCUT2D eigenvalue weighted by Gasteiger charge is -2.02. The van der Waals surface area contributed by atoms with Crippen molar-refractivity contribution < 1.29 is 0 Å². The van der Waals surface area contributed by atoms with E-state index in [1.54, 1.807) is 11.3 Å². The second kappa shape index (κ2) is 3.61. The van der Waals surface area contributed by atoms with Gasteiger partial charge in [0, 0.05) is 5.39 Å². The molecule has 0 aliphatic rings. The lowest BCUT2D eigenvalue weighted by atomic mass is 10.1. The van der Waals surface area contributed by atoms with E-state index in [1.165, 1.54) is 0 Å². The van der Waals surface area contributed by atoms with Crippen molar-refractivity contribution in [3.8, 4) is 10.6 Å². The lowest BCUT2D eigenvalue weighted by Crippen LogP contribution is -1.86. The Morgan fingerprint density at radius 1 is 0.944 bits per heavy atom. The zero-order chi connectivity index (χ0) is 11.9. The minimum Gasteiger partial charge on any atom is -0.244 e. The van der Waals surface area contributed by atoms with Gasteiger partial charge in [0.1, 0.15) is 16.7 Å². The lowest BCUT2D eigenvalue weighted by molar-refractivity contribution is 0.960. The number of thiophene rings is 1. The summed E-state index contributed by atoms with van der Waals surface area (Å²) >= 11 is 1.66. The van der Waals surface area contributed by atoms with Gasteiger partial charge >= 0.3 is 0 Å². The molecule has 0 unspecified atom stereocenters. The van der Waals surface area contributed by atoms with Gasteiger partial charge in [0.25, 0.3) is 0 Å². The number of H-pyrrole nitrogens is 1. The van der Waals surface area contributed by atoms with Crippen molar-refractivity contribution in [1.29, 1.82) is 0 Å². The molecule has 0 saturated heterocycles. The summed E-state index contributed by atoms with van der Waals surface area (Å²) in [5.74, 6) is 0. The van der Waals surface area contributed by atoms with Gasteiger partial charge in [-0.1, -0.05) is 24.3 Å². The third-order valence-corrected chi connectivity index (χ3v) is 3.79. The molecule has 4 aromatic rings. The van der Waals surface area contributed by atoms with Gasteiger partial charge in [-0.3, -0.25) is 0 Å². The molecular weight excluding hydrogens is 244 g/mol. The second-order valence-electron chi connectivity index (χ2n) is 3.98. The van der Waals surface area contributed by atoms with E-state index in [1.807, 2.05) is 35.7 Å². The number of aromatic nitrogens is 4. The maximum Gasteiger partial charge on any atom is 0.140 e. The Hall–Kier alpha value is -2.27. The molecule has 3 heterocycles. The van der Waals surface area contributed by atoms with Crippen LogP contribution in [0.1, 0.15) is 0 Å². The molecule has 0 aliphatic carbocycles. The van der Waals surface area contributed by atoms with Gasteiger partial charge in [-0.05, 0) is 17.5 Å². The quantitative estimate of drug-likeness (QED) is 0.566. The van der Waals surface area contributed by atoms with Crippen LogP contribution < -0.4 is 0 Å². The number of aromatic amines is 1. The highest BCUT2D eigenvalue weighted by Gasteiger charge is 2.13. The van der Waals surface area contributed by atoms with Gasteiger partial charge < -0.3 is 0 Å². The van der Waals surface area contributed by atoms with Crippen LogP contribution in [-0.4, -0.2) is 20.4 Å². The van der Waals surface area contributed by atoms with Crippen LogP contribution in [0.25, 0.3) is 32.5 Å². The van der Waals surface area contributed by atoms with Crippen molar-refractivity contribution in [2.75, 3.05) is 0 Å². The zero-order valence-electron chi connectivity index (χ0n) is 9.29. The first-order valence-corrected chi connectivity index (χ1v) is 6.44. The molecule has 0 fully saturated rings. The topological polar surface area (TPSA) is 54.5 Å². The highest BCUT2D eigenvalue weighted by molar-refractivity contribution is 7.13. The molecule has 0 aliphatic heterocycles. The Bertz CT molecular complexity index is 833. The van der Waals surface area contributed by atoms with Gasteiger partial charge in [0.15, 0.2) is 0 Å². The van der Waals surface area contributed by atoms with Crippen LogP contribution in [0.3, 0.4) is 0 Å². The fraction of sp³-hybridized carbons (Fsp3) is 0. The number of para-hydroxylation sites is 1. The SMILES string of the molecule is c1csc(-c2nc3ccccc3c3n[nH]nc23)c1. The van der Waals surface area contributed by atoms with Crippen molar-refractivity contribution >= 4 is 33.3 Å². The summed E-state index contributed by atoms with van der Waals surface area (Å²) in [7, 11) is 0. The van der Waals surface area contributed by atoms with Gasteiger partial charge in [0.2, 0.25) is 0 Å². The molecule has 1 N–H and O–H groups in total. The Balaban J connectivity index is 2.21. The van der Waals surface area contributed by atoms with Crippen LogP contribution in [-0.2, 0) is 0 Å². The Morgan fingerprint density at radius 3 is 2.72 bits per heavy atom. The van der Waals surface area contributed by atoms with Gasteiger partial charge in [-0.15, -0.1) is 11.3 Å². The summed E-state index contributed by atoms with van der Waals surface area (Å²) in [5, 5.41) is 14.2. The molecule has 4 rings (SSSR count). The summed E-state index contributed by atoms with van der Waals surface area (Å²) in [6.45, 7) is 0. The van der Waals surface area contributed by atoms with E-state index in [0.29, 0.717) is 0 Å². The maximum absolute atomic E-state index is 4.71.